The van der Waals surface area contributed by atoms with Gasteiger partial charge in [-0.3, -0.25) is 4.68 Å². The molecule has 2 heterocycles. The molecule has 0 fully saturated rings. The molecule has 1 N–H and O–H groups in total. The van der Waals surface area contributed by atoms with Gasteiger partial charge in [0.15, 0.2) is 5.65 Å². The van der Waals surface area contributed by atoms with Gasteiger partial charge in [0.2, 0.25) is 0 Å². The molecule has 19 heavy (non-hydrogen) atoms. The Labute approximate surface area is 109 Å². The van der Waals surface area contributed by atoms with Crippen LogP contribution in [0.3, 0.4) is 0 Å². The molecule has 0 aliphatic heterocycles. The number of methoxy groups -OCH3 is 1. The minimum Gasteiger partial charge on any atom is -0.489 e. The van der Waals surface area contributed by atoms with Gasteiger partial charge >= 0.3 is 5.97 Å². The number of carboxylic acid groups (broad SMARTS) is 1. The minimum atomic E-state index is -1.08. The third-order valence-corrected chi connectivity index (χ3v) is 2.74. The highest BCUT2D eigenvalue weighted by molar-refractivity contribution is 5.98. The average Bonchev–Trinajstić information content (AvgIpc) is 2.65. The first-order valence-electron chi connectivity index (χ1n) is 5.73. The molecule has 102 valence electrons. The van der Waals surface area contributed by atoms with Gasteiger partial charge in [-0.05, 0) is 6.92 Å². The summed E-state index contributed by atoms with van der Waals surface area (Å²) >= 11 is 0. The molecular formula is C12H15N3O4. The molecule has 0 aliphatic carbocycles. The summed E-state index contributed by atoms with van der Waals surface area (Å²) in [5.74, 6) is -0.787. The van der Waals surface area contributed by atoms with Crippen LogP contribution in [0.15, 0.2) is 6.20 Å². The second-order valence-electron chi connectivity index (χ2n) is 4.06. The smallest absolute Gasteiger partial charge is 0.341 e. The van der Waals surface area contributed by atoms with Crippen molar-refractivity contribution in [3.05, 3.63) is 17.5 Å². The molecule has 0 saturated heterocycles. The van der Waals surface area contributed by atoms with Gasteiger partial charge in [0, 0.05) is 20.4 Å². The maximum absolute atomic E-state index is 11.2. The van der Waals surface area contributed by atoms with Gasteiger partial charge in [-0.1, -0.05) is 0 Å². The van der Waals surface area contributed by atoms with E-state index in [0.29, 0.717) is 29.1 Å². The number of hydrogen-bond acceptors (Lipinski definition) is 5. The summed E-state index contributed by atoms with van der Waals surface area (Å²) < 4.78 is 12.0. The van der Waals surface area contributed by atoms with Crippen molar-refractivity contribution in [2.24, 2.45) is 7.05 Å². The Kier molecular flexibility index (Phi) is 3.66. The molecule has 0 amide bonds. The Hall–Kier alpha value is -2.15. The number of rotatable bonds is 5. The molecule has 0 aliphatic rings. The van der Waals surface area contributed by atoms with Crippen molar-refractivity contribution in [3.8, 4) is 5.75 Å². The molecule has 0 spiro atoms. The predicted molar refractivity (Wildman–Crippen MR) is 67.6 cm³/mol. The molecule has 0 unspecified atom stereocenters. The Morgan fingerprint density at radius 2 is 2.21 bits per heavy atom. The molecular weight excluding hydrogens is 250 g/mol. The Bertz CT molecular complexity index is 621. The highest BCUT2D eigenvalue weighted by Crippen LogP contribution is 2.30. The molecule has 0 radical (unpaired) electrons. The lowest BCUT2D eigenvalue weighted by atomic mass is 10.2. The van der Waals surface area contributed by atoms with E-state index in [2.05, 4.69) is 10.1 Å². The van der Waals surface area contributed by atoms with Crippen molar-refractivity contribution in [2.45, 2.75) is 6.92 Å². The van der Waals surface area contributed by atoms with Crippen LogP contribution in [0.1, 0.15) is 16.1 Å². The molecule has 7 nitrogen and oxygen atoms in total. The molecule has 0 aromatic carbocycles. The summed E-state index contributed by atoms with van der Waals surface area (Å²) in [4.78, 5) is 15.4. The molecule has 0 bridgehead atoms. The van der Waals surface area contributed by atoms with E-state index in [1.807, 2.05) is 0 Å². The third-order valence-electron chi connectivity index (χ3n) is 2.74. The number of hydrogen-bond donors (Lipinski definition) is 1. The lowest BCUT2D eigenvalue weighted by molar-refractivity contribution is 0.0689. The van der Waals surface area contributed by atoms with Crippen LogP contribution >= 0.6 is 0 Å². The van der Waals surface area contributed by atoms with Gasteiger partial charge in [0.25, 0.3) is 0 Å². The van der Waals surface area contributed by atoms with E-state index in [1.54, 1.807) is 25.8 Å². The fourth-order valence-electron chi connectivity index (χ4n) is 1.91. The van der Waals surface area contributed by atoms with Crippen LogP contribution in [-0.2, 0) is 11.8 Å². The molecule has 2 rings (SSSR count). The summed E-state index contributed by atoms with van der Waals surface area (Å²) in [5.41, 5.74) is 1.30. The predicted octanol–water partition coefficient (Wildman–Crippen LogP) is 1.00. The van der Waals surface area contributed by atoms with Crippen LogP contribution in [0.25, 0.3) is 11.0 Å². The standard InChI is InChI=1S/C12H15N3O4/c1-7-9-10(19-5-4-18-3)8(12(16)17)6-13-11(9)15(2)14-7/h6H,4-5H2,1-3H3,(H,16,17). The van der Waals surface area contributed by atoms with Gasteiger partial charge in [-0.2, -0.15) is 5.10 Å². The molecule has 0 saturated carbocycles. The van der Waals surface area contributed by atoms with E-state index in [1.165, 1.54) is 6.20 Å². The number of pyridine rings is 1. The van der Waals surface area contributed by atoms with Crippen molar-refractivity contribution in [1.29, 1.82) is 0 Å². The number of fused-ring (bicyclic) bond motifs is 1. The molecule has 0 atom stereocenters. The van der Waals surface area contributed by atoms with Crippen LogP contribution in [0.2, 0.25) is 0 Å². The zero-order chi connectivity index (χ0) is 14.0. The van der Waals surface area contributed by atoms with E-state index in [-0.39, 0.29) is 12.2 Å². The van der Waals surface area contributed by atoms with E-state index >= 15 is 0 Å². The topological polar surface area (TPSA) is 86.5 Å². The van der Waals surface area contributed by atoms with Gasteiger partial charge in [-0.15, -0.1) is 0 Å². The van der Waals surface area contributed by atoms with Crippen molar-refractivity contribution in [3.63, 3.8) is 0 Å². The maximum atomic E-state index is 11.2. The average molecular weight is 265 g/mol. The number of carboxylic acids is 1. The number of ether oxygens (including phenoxy) is 2. The summed E-state index contributed by atoms with van der Waals surface area (Å²) in [5, 5.41) is 14.1. The fourth-order valence-corrected chi connectivity index (χ4v) is 1.91. The van der Waals surface area contributed by atoms with Crippen LogP contribution in [-0.4, -0.2) is 46.2 Å². The van der Waals surface area contributed by atoms with Crippen molar-refractivity contribution >= 4 is 17.0 Å². The number of aromatic nitrogens is 3. The normalized spacial score (nSPS) is 10.9. The maximum Gasteiger partial charge on any atom is 0.341 e. The van der Waals surface area contributed by atoms with Crippen LogP contribution in [0, 0.1) is 6.92 Å². The summed E-state index contributed by atoms with van der Waals surface area (Å²) in [6.07, 6.45) is 1.29. The molecule has 7 heteroatoms. The van der Waals surface area contributed by atoms with Crippen molar-refractivity contribution < 1.29 is 19.4 Å². The summed E-state index contributed by atoms with van der Waals surface area (Å²) in [6, 6.07) is 0. The third kappa shape index (κ3) is 2.37. The lowest BCUT2D eigenvalue weighted by Gasteiger charge is -2.10. The quantitative estimate of drug-likeness (QED) is 0.812. The van der Waals surface area contributed by atoms with Gasteiger partial charge in [0.1, 0.15) is 17.9 Å². The van der Waals surface area contributed by atoms with Crippen LogP contribution in [0.5, 0.6) is 5.75 Å². The van der Waals surface area contributed by atoms with Crippen molar-refractivity contribution in [2.75, 3.05) is 20.3 Å². The first kappa shape index (κ1) is 13.3. The van der Waals surface area contributed by atoms with Crippen molar-refractivity contribution in [1.82, 2.24) is 14.8 Å². The second kappa shape index (κ2) is 5.23. The van der Waals surface area contributed by atoms with E-state index in [0.717, 1.165) is 0 Å². The first-order chi connectivity index (χ1) is 9.06. The van der Waals surface area contributed by atoms with Gasteiger partial charge in [0.05, 0.1) is 17.7 Å². The molecule has 2 aromatic heterocycles. The highest BCUT2D eigenvalue weighted by Gasteiger charge is 2.20. The van der Waals surface area contributed by atoms with E-state index in [9.17, 15) is 9.90 Å². The van der Waals surface area contributed by atoms with Gasteiger partial charge < -0.3 is 14.6 Å². The number of aryl methyl sites for hydroxylation is 2. The van der Waals surface area contributed by atoms with Crippen LogP contribution < -0.4 is 4.74 Å². The summed E-state index contributed by atoms with van der Waals surface area (Å²) in [6.45, 7) is 2.44. The molecule has 2 aromatic rings. The number of carbonyl (C=O) groups is 1. The minimum absolute atomic E-state index is 0.0275. The fraction of sp³-hybridized carbons (Fsp3) is 0.417. The Morgan fingerprint density at radius 3 is 2.84 bits per heavy atom. The highest BCUT2D eigenvalue weighted by atomic mass is 16.5. The van der Waals surface area contributed by atoms with E-state index in [4.69, 9.17) is 9.47 Å². The lowest BCUT2D eigenvalue weighted by Crippen LogP contribution is -2.09. The zero-order valence-electron chi connectivity index (χ0n) is 11.0. The largest absolute Gasteiger partial charge is 0.489 e. The number of aromatic carboxylic acids is 1. The van der Waals surface area contributed by atoms with Gasteiger partial charge in [-0.25, -0.2) is 9.78 Å². The Morgan fingerprint density at radius 1 is 1.47 bits per heavy atom. The summed E-state index contributed by atoms with van der Waals surface area (Å²) in [7, 11) is 3.31. The Balaban J connectivity index is 2.58. The monoisotopic (exact) mass is 265 g/mol. The zero-order valence-corrected chi connectivity index (χ0v) is 11.0. The second-order valence-corrected chi connectivity index (χ2v) is 4.06. The first-order valence-corrected chi connectivity index (χ1v) is 5.73. The number of nitrogens with zero attached hydrogens (tertiary/aromatic N) is 3. The van der Waals surface area contributed by atoms with E-state index < -0.39 is 5.97 Å². The van der Waals surface area contributed by atoms with Crippen LogP contribution in [0.4, 0.5) is 0 Å². The SMILES string of the molecule is COCCOc1c(C(=O)O)cnc2c1c(C)nn2C.